The molecule has 0 amide bonds. The molecule has 1 aliphatic rings. The van der Waals surface area contributed by atoms with Gasteiger partial charge in [-0.05, 0) is 62.1 Å². The summed E-state index contributed by atoms with van der Waals surface area (Å²) in [5, 5.41) is 0. The molecule has 174 valence electrons. The van der Waals surface area contributed by atoms with E-state index >= 15 is 0 Å². The third kappa shape index (κ3) is 6.90. The predicted molar refractivity (Wildman–Crippen MR) is 123 cm³/mol. The molecule has 7 heteroatoms. The Labute approximate surface area is 190 Å². The summed E-state index contributed by atoms with van der Waals surface area (Å²) in [6.45, 7) is 4.69. The van der Waals surface area contributed by atoms with Crippen molar-refractivity contribution >= 4 is 11.9 Å². The summed E-state index contributed by atoms with van der Waals surface area (Å²) in [6.07, 6.45) is 12.9. The second-order valence-corrected chi connectivity index (χ2v) is 8.40. The predicted octanol–water partition coefficient (Wildman–Crippen LogP) is 5.21. The lowest BCUT2D eigenvalue weighted by Gasteiger charge is -2.32. The number of carbonyl (C=O) groups excluding carboxylic acids is 1. The van der Waals surface area contributed by atoms with Crippen LogP contribution in [0.4, 0.5) is 10.3 Å². The highest BCUT2D eigenvalue weighted by molar-refractivity contribution is 5.89. The van der Waals surface area contributed by atoms with E-state index < -0.39 is 11.8 Å². The van der Waals surface area contributed by atoms with Gasteiger partial charge in [0, 0.05) is 31.5 Å². The quantitative estimate of drug-likeness (QED) is 0.351. The molecule has 6 nitrogen and oxygen atoms in total. The largest absolute Gasteiger partial charge is 0.493 e. The molecule has 0 unspecified atom stereocenters. The summed E-state index contributed by atoms with van der Waals surface area (Å²) in [7, 11) is 1.23. The fourth-order valence-corrected chi connectivity index (χ4v) is 4.06. The molecule has 0 radical (unpaired) electrons. The number of piperidine rings is 1. The van der Waals surface area contributed by atoms with Crippen LogP contribution in [0.1, 0.15) is 67.8 Å². The lowest BCUT2D eigenvalue weighted by Crippen LogP contribution is -2.35. The number of hydrogen-bond acceptors (Lipinski definition) is 6. The lowest BCUT2D eigenvalue weighted by molar-refractivity contribution is 0.0595. The number of aromatic nitrogens is 2. The number of carbonyl (C=O) groups is 1. The number of halogens is 1. The van der Waals surface area contributed by atoms with E-state index in [2.05, 4.69) is 26.5 Å². The third-order valence-electron chi connectivity index (χ3n) is 6.03. The number of esters is 1. The number of unbranched alkanes of at least 4 members (excludes halogenated alkanes) is 2. The van der Waals surface area contributed by atoms with Gasteiger partial charge in [-0.2, -0.15) is 0 Å². The Morgan fingerprint density at radius 1 is 1.16 bits per heavy atom. The minimum Gasteiger partial charge on any atom is -0.493 e. The van der Waals surface area contributed by atoms with E-state index in [1.165, 1.54) is 44.1 Å². The van der Waals surface area contributed by atoms with Crippen molar-refractivity contribution in [1.29, 1.82) is 0 Å². The molecule has 1 fully saturated rings. The number of nitrogens with zero attached hydrogens (tertiary/aromatic N) is 3. The number of ether oxygens (including phenoxy) is 2. The molecule has 1 saturated heterocycles. The summed E-state index contributed by atoms with van der Waals surface area (Å²) in [5.74, 6) is 0.608. The molecule has 0 aliphatic carbocycles. The number of anilines is 1. The van der Waals surface area contributed by atoms with Gasteiger partial charge in [0.1, 0.15) is 11.6 Å². The number of rotatable bonds is 11. The molecule has 2 aromatic rings. The first-order chi connectivity index (χ1) is 15.6. The number of methoxy groups -OCH3 is 1. The average Bonchev–Trinajstić information content (AvgIpc) is 2.82. The van der Waals surface area contributed by atoms with E-state index in [9.17, 15) is 9.18 Å². The maximum Gasteiger partial charge on any atom is 0.340 e. The van der Waals surface area contributed by atoms with Gasteiger partial charge in [0.2, 0.25) is 5.95 Å². The van der Waals surface area contributed by atoms with E-state index in [0.717, 1.165) is 51.1 Å². The van der Waals surface area contributed by atoms with Crippen molar-refractivity contribution in [3.63, 3.8) is 0 Å². The standard InChI is InChI=1S/C25H34FN3O3/c1-3-4-5-7-20-17-27-25(28-18-20)29-13-11-19(12-14-29)8-6-15-32-21-9-10-22(23(26)16-21)24(30)31-2/h9-10,16-19H,3-8,11-15H2,1-2H3. The Morgan fingerprint density at radius 2 is 1.91 bits per heavy atom. The van der Waals surface area contributed by atoms with Gasteiger partial charge >= 0.3 is 5.97 Å². The van der Waals surface area contributed by atoms with Gasteiger partial charge in [-0.25, -0.2) is 19.2 Å². The Balaban J connectivity index is 1.35. The summed E-state index contributed by atoms with van der Waals surface area (Å²) >= 11 is 0. The van der Waals surface area contributed by atoms with Gasteiger partial charge in [-0.3, -0.25) is 0 Å². The number of aryl methyl sites for hydroxylation is 1. The molecule has 1 aromatic carbocycles. The summed E-state index contributed by atoms with van der Waals surface area (Å²) in [4.78, 5) is 22.9. The highest BCUT2D eigenvalue weighted by Crippen LogP contribution is 2.25. The van der Waals surface area contributed by atoms with Crippen LogP contribution in [-0.4, -0.2) is 42.7 Å². The SMILES string of the molecule is CCCCCc1cnc(N2CCC(CCCOc3ccc(C(=O)OC)c(F)c3)CC2)nc1. The van der Waals surface area contributed by atoms with Crippen LogP contribution < -0.4 is 9.64 Å². The van der Waals surface area contributed by atoms with Crippen LogP contribution in [0.5, 0.6) is 5.75 Å². The highest BCUT2D eigenvalue weighted by Gasteiger charge is 2.21. The summed E-state index contributed by atoms with van der Waals surface area (Å²) < 4.78 is 24.2. The van der Waals surface area contributed by atoms with Gasteiger partial charge in [-0.15, -0.1) is 0 Å². The van der Waals surface area contributed by atoms with Crippen LogP contribution in [-0.2, 0) is 11.2 Å². The van der Waals surface area contributed by atoms with Crippen LogP contribution in [0.3, 0.4) is 0 Å². The number of hydrogen-bond donors (Lipinski definition) is 0. The van der Waals surface area contributed by atoms with Crippen LogP contribution in [0, 0.1) is 11.7 Å². The minimum atomic E-state index is -0.686. The lowest BCUT2D eigenvalue weighted by atomic mass is 9.92. The van der Waals surface area contributed by atoms with Crippen LogP contribution in [0.2, 0.25) is 0 Å². The van der Waals surface area contributed by atoms with Crippen molar-refractivity contribution < 1.29 is 18.7 Å². The zero-order valence-electron chi connectivity index (χ0n) is 19.2. The van der Waals surface area contributed by atoms with E-state index in [1.807, 2.05) is 12.4 Å². The van der Waals surface area contributed by atoms with E-state index in [0.29, 0.717) is 18.3 Å². The van der Waals surface area contributed by atoms with Crippen molar-refractivity contribution in [3.05, 3.63) is 47.5 Å². The second kappa shape index (κ2) is 12.4. The summed E-state index contributed by atoms with van der Waals surface area (Å²) in [6, 6.07) is 4.23. The Kier molecular flexibility index (Phi) is 9.26. The topological polar surface area (TPSA) is 64.6 Å². The molecule has 32 heavy (non-hydrogen) atoms. The van der Waals surface area contributed by atoms with Crippen molar-refractivity contribution in [2.24, 2.45) is 5.92 Å². The summed E-state index contributed by atoms with van der Waals surface area (Å²) in [5.41, 5.74) is 1.14. The fraction of sp³-hybridized carbons (Fsp3) is 0.560. The Hall–Kier alpha value is -2.70. The molecule has 1 aliphatic heterocycles. The average molecular weight is 444 g/mol. The molecule has 0 atom stereocenters. The van der Waals surface area contributed by atoms with Crippen molar-refractivity contribution in [1.82, 2.24) is 9.97 Å². The zero-order chi connectivity index (χ0) is 22.8. The van der Waals surface area contributed by atoms with E-state index in [4.69, 9.17) is 4.74 Å². The monoisotopic (exact) mass is 443 g/mol. The van der Waals surface area contributed by atoms with Gasteiger partial charge in [0.05, 0.1) is 19.3 Å². The van der Waals surface area contributed by atoms with Crippen molar-refractivity contribution in [2.45, 2.75) is 58.3 Å². The first kappa shape index (κ1) is 24.0. The Bertz CT molecular complexity index is 852. The zero-order valence-corrected chi connectivity index (χ0v) is 19.2. The minimum absolute atomic E-state index is 0.0817. The molecule has 0 bridgehead atoms. The second-order valence-electron chi connectivity index (χ2n) is 8.40. The molecule has 0 spiro atoms. The first-order valence-corrected chi connectivity index (χ1v) is 11.7. The molecule has 1 aromatic heterocycles. The Morgan fingerprint density at radius 3 is 2.56 bits per heavy atom. The maximum atomic E-state index is 14.0. The van der Waals surface area contributed by atoms with Crippen LogP contribution >= 0.6 is 0 Å². The normalized spacial score (nSPS) is 14.4. The fourth-order valence-electron chi connectivity index (χ4n) is 4.06. The van der Waals surface area contributed by atoms with Gasteiger partial charge in [-0.1, -0.05) is 19.8 Å². The molecule has 2 heterocycles. The van der Waals surface area contributed by atoms with E-state index in [1.54, 1.807) is 6.07 Å². The maximum absolute atomic E-state index is 14.0. The number of benzene rings is 1. The van der Waals surface area contributed by atoms with Gasteiger partial charge in [0.25, 0.3) is 0 Å². The molecule has 3 rings (SSSR count). The molecule has 0 N–H and O–H groups in total. The first-order valence-electron chi connectivity index (χ1n) is 11.7. The highest BCUT2D eigenvalue weighted by atomic mass is 19.1. The molecular weight excluding hydrogens is 409 g/mol. The molecule has 0 saturated carbocycles. The van der Waals surface area contributed by atoms with Crippen LogP contribution in [0.15, 0.2) is 30.6 Å². The third-order valence-corrected chi connectivity index (χ3v) is 6.03. The van der Waals surface area contributed by atoms with E-state index in [-0.39, 0.29) is 5.56 Å². The van der Waals surface area contributed by atoms with Gasteiger partial charge < -0.3 is 14.4 Å². The van der Waals surface area contributed by atoms with Crippen molar-refractivity contribution in [2.75, 3.05) is 31.7 Å². The molecular formula is C25H34FN3O3. The smallest absolute Gasteiger partial charge is 0.340 e. The van der Waals surface area contributed by atoms with Crippen LogP contribution in [0.25, 0.3) is 0 Å². The van der Waals surface area contributed by atoms with Gasteiger partial charge in [0.15, 0.2) is 0 Å². The van der Waals surface area contributed by atoms with Crippen molar-refractivity contribution in [3.8, 4) is 5.75 Å².